The van der Waals surface area contributed by atoms with Crippen molar-refractivity contribution in [3.05, 3.63) is 65.2 Å². The Morgan fingerprint density at radius 2 is 1.89 bits per heavy atom. The van der Waals surface area contributed by atoms with Crippen LogP contribution < -0.4 is 0 Å². The Morgan fingerprint density at radius 3 is 2.48 bits per heavy atom. The molecular weight excluding hydrogens is 334 g/mol. The lowest BCUT2D eigenvalue weighted by Gasteiger charge is -2.15. The smallest absolute Gasteiger partial charge is 0.331 e. The van der Waals surface area contributed by atoms with Crippen LogP contribution in [0.3, 0.4) is 0 Å². The second-order valence-corrected chi connectivity index (χ2v) is 6.84. The summed E-state index contributed by atoms with van der Waals surface area (Å²) in [5.41, 5.74) is 3.34. The molecule has 27 heavy (non-hydrogen) atoms. The van der Waals surface area contributed by atoms with Gasteiger partial charge in [0.25, 0.3) is 0 Å². The lowest BCUT2D eigenvalue weighted by atomic mass is 9.89. The highest BCUT2D eigenvalue weighted by Gasteiger charge is 2.16. The number of carboxylic acids is 1. The minimum absolute atomic E-state index is 0.357. The van der Waals surface area contributed by atoms with Crippen LogP contribution in [0.2, 0.25) is 0 Å². The van der Waals surface area contributed by atoms with Crippen LogP contribution in [0.25, 0.3) is 17.2 Å². The second kappa shape index (κ2) is 10.3. The van der Waals surface area contributed by atoms with Gasteiger partial charge in [0.1, 0.15) is 6.07 Å². The monoisotopic (exact) mass is 361 g/mol. The van der Waals surface area contributed by atoms with E-state index >= 15 is 0 Å². The molecule has 0 aliphatic heterocycles. The zero-order valence-electron chi connectivity index (χ0n) is 16.1. The number of carboxylic acid groups (broad SMARTS) is 1. The van der Waals surface area contributed by atoms with Gasteiger partial charge in [0.15, 0.2) is 0 Å². The van der Waals surface area contributed by atoms with Gasteiger partial charge in [-0.15, -0.1) is 0 Å². The van der Waals surface area contributed by atoms with Gasteiger partial charge in [-0.05, 0) is 29.5 Å². The molecule has 2 rings (SSSR count). The number of hydrogen-bond donors (Lipinski definition) is 1. The van der Waals surface area contributed by atoms with Crippen molar-refractivity contribution in [3.8, 4) is 17.2 Å². The van der Waals surface area contributed by atoms with Crippen molar-refractivity contribution in [2.45, 2.75) is 46.0 Å². The highest BCUT2D eigenvalue weighted by molar-refractivity contribution is 5.93. The van der Waals surface area contributed by atoms with Gasteiger partial charge in [-0.2, -0.15) is 5.26 Å². The number of benzene rings is 2. The fourth-order valence-corrected chi connectivity index (χ4v) is 3.32. The molecule has 2 aromatic carbocycles. The van der Waals surface area contributed by atoms with Crippen molar-refractivity contribution in [1.82, 2.24) is 0 Å². The van der Waals surface area contributed by atoms with Gasteiger partial charge in [0.05, 0.1) is 5.56 Å². The zero-order valence-corrected chi connectivity index (χ0v) is 16.1. The van der Waals surface area contributed by atoms with Crippen LogP contribution in [-0.4, -0.2) is 11.1 Å². The first kappa shape index (κ1) is 20.5. The summed E-state index contributed by atoms with van der Waals surface area (Å²) < 4.78 is 0. The topological polar surface area (TPSA) is 61.1 Å². The van der Waals surface area contributed by atoms with E-state index in [1.165, 1.54) is 0 Å². The third-order valence-electron chi connectivity index (χ3n) is 4.95. The molecular formula is C24H27NO2. The van der Waals surface area contributed by atoms with Crippen LogP contribution in [0.5, 0.6) is 0 Å². The fourth-order valence-electron chi connectivity index (χ4n) is 3.32. The number of aliphatic carboxylic acids is 1. The Kier molecular flexibility index (Phi) is 7.82. The largest absolute Gasteiger partial charge is 0.478 e. The van der Waals surface area contributed by atoms with Crippen LogP contribution in [0, 0.1) is 17.2 Å². The van der Waals surface area contributed by atoms with E-state index < -0.39 is 5.97 Å². The summed E-state index contributed by atoms with van der Waals surface area (Å²) in [5, 5.41) is 19.4. The van der Waals surface area contributed by atoms with Gasteiger partial charge in [0.2, 0.25) is 0 Å². The predicted molar refractivity (Wildman–Crippen MR) is 110 cm³/mol. The molecule has 0 aliphatic carbocycles. The number of carbonyl (C=O) groups is 1. The molecule has 0 aromatic heterocycles. The van der Waals surface area contributed by atoms with Crippen molar-refractivity contribution in [1.29, 1.82) is 5.26 Å². The summed E-state index contributed by atoms with van der Waals surface area (Å²) >= 11 is 0. The third kappa shape index (κ3) is 5.56. The van der Waals surface area contributed by atoms with Crippen molar-refractivity contribution in [3.63, 3.8) is 0 Å². The summed E-state index contributed by atoms with van der Waals surface area (Å²) in [7, 11) is 0. The van der Waals surface area contributed by atoms with E-state index in [1.54, 1.807) is 6.08 Å². The molecule has 1 atom stereocenters. The molecule has 2 aromatic rings. The normalized spacial score (nSPS) is 12.4. The van der Waals surface area contributed by atoms with E-state index in [1.807, 2.05) is 48.5 Å². The van der Waals surface area contributed by atoms with Gasteiger partial charge in [-0.1, -0.05) is 88.1 Å². The number of rotatable bonds is 9. The first-order valence-electron chi connectivity index (χ1n) is 9.63. The first-order chi connectivity index (χ1) is 13.1. The average Bonchev–Trinajstić information content (AvgIpc) is 2.70. The van der Waals surface area contributed by atoms with Gasteiger partial charge >= 0.3 is 5.97 Å². The Hall–Kier alpha value is -2.86. The summed E-state index contributed by atoms with van der Waals surface area (Å²) in [6.45, 7) is 4.26. The van der Waals surface area contributed by atoms with E-state index in [0.717, 1.165) is 36.8 Å². The second-order valence-electron chi connectivity index (χ2n) is 6.84. The summed E-state index contributed by atoms with van der Waals surface area (Å²) in [4.78, 5) is 11.8. The van der Waals surface area contributed by atoms with E-state index in [4.69, 9.17) is 0 Å². The molecule has 0 aliphatic rings. The van der Waals surface area contributed by atoms with Gasteiger partial charge in [0, 0.05) is 11.1 Å². The summed E-state index contributed by atoms with van der Waals surface area (Å²) in [6, 6.07) is 17.6. The van der Waals surface area contributed by atoms with Crippen molar-refractivity contribution in [2.24, 2.45) is 5.92 Å². The SMILES string of the molecule is CCCCC(CC)CC(=Cc1cccc(-c2ccccc2)c1C#N)C(=O)O. The Labute approximate surface area is 162 Å². The van der Waals surface area contributed by atoms with Gasteiger partial charge in [-0.3, -0.25) is 0 Å². The molecule has 1 unspecified atom stereocenters. The Bertz CT molecular complexity index is 831. The highest BCUT2D eigenvalue weighted by atomic mass is 16.4. The minimum atomic E-state index is -0.904. The van der Waals surface area contributed by atoms with Gasteiger partial charge < -0.3 is 5.11 Å². The first-order valence-corrected chi connectivity index (χ1v) is 9.63. The molecule has 0 bridgehead atoms. The molecule has 0 spiro atoms. The lowest BCUT2D eigenvalue weighted by Crippen LogP contribution is -2.08. The molecule has 0 amide bonds. The van der Waals surface area contributed by atoms with Crippen molar-refractivity contribution < 1.29 is 9.90 Å². The van der Waals surface area contributed by atoms with E-state index in [9.17, 15) is 15.2 Å². The number of unbranched alkanes of at least 4 members (excludes halogenated alkanes) is 1. The maximum Gasteiger partial charge on any atom is 0.331 e. The zero-order chi connectivity index (χ0) is 19.6. The minimum Gasteiger partial charge on any atom is -0.478 e. The molecule has 3 nitrogen and oxygen atoms in total. The maximum atomic E-state index is 11.8. The summed E-state index contributed by atoms with van der Waals surface area (Å²) in [6.07, 6.45) is 6.43. The molecule has 1 N–H and O–H groups in total. The Balaban J connectivity index is 2.42. The maximum absolute atomic E-state index is 11.8. The summed E-state index contributed by atoms with van der Waals surface area (Å²) in [5.74, 6) is -0.547. The van der Waals surface area contributed by atoms with Crippen LogP contribution in [0.1, 0.15) is 57.1 Å². The number of nitriles is 1. The number of nitrogens with zero attached hydrogens (tertiary/aromatic N) is 1. The predicted octanol–water partition coefficient (Wildman–Crippen LogP) is 6.30. The van der Waals surface area contributed by atoms with E-state index in [-0.39, 0.29) is 0 Å². The fraction of sp³-hybridized carbons (Fsp3) is 0.333. The van der Waals surface area contributed by atoms with Crippen LogP contribution in [-0.2, 0) is 4.79 Å². The lowest BCUT2D eigenvalue weighted by molar-refractivity contribution is -0.132. The van der Waals surface area contributed by atoms with Crippen LogP contribution in [0.15, 0.2) is 54.1 Å². The molecule has 0 saturated carbocycles. The average molecular weight is 361 g/mol. The molecule has 0 heterocycles. The van der Waals surface area contributed by atoms with E-state index in [0.29, 0.717) is 29.0 Å². The molecule has 3 heteroatoms. The van der Waals surface area contributed by atoms with Crippen molar-refractivity contribution in [2.75, 3.05) is 0 Å². The van der Waals surface area contributed by atoms with Crippen molar-refractivity contribution >= 4 is 12.0 Å². The third-order valence-corrected chi connectivity index (χ3v) is 4.95. The standard InChI is InChI=1S/C24H27NO2/c1-3-5-10-18(4-2)15-21(24(26)27)16-20-13-9-14-22(23(20)17-25)19-11-7-6-8-12-19/h6-9,11-14,16,18H,3-5,10,15H2,1-2H3,(H,26,27). The Morgan fingerprint density at radius 1 is 1.15 bits per heavy atom. The number of hydrogen-bond acceptors (Lipinski definition) is 2. The van der Waals surface area contributed by atoms with Crippen LogP contribution >= 0.6 is 0 Å². The van der Waals surface area contributed by atoms with Crippen LogP contribution in [0.4, 0.5) is 0 Å². The quantitative estimate of drug-likeness (QED) is 0.533. The van der Waals surface area contributed by atoms with E-state index in [2.05, 4.69) is 19.9 Å². The molecule has 140 valence electrons. The molecule has 0 saturated heterocycles. The van der Waals surface area contributed by atoms with Gasteiger partial charge in [-0.25, -0.2) is 4.79 Å². The molecule has 0 radical (unpaired) electrons. The highest BCUT2D eigenvalue weighted by Crippen LogP contribution is 2.29. The molecule has 0 fully saturated rings.